The summed E-state index contributed by atoms with van der Waals surface area (Å²) >= 11 is 0. The summed E-state index contributed by atoms with van der Waals surface area (Å²) in [6, 6.07) is 9.32. The summed E-state index contributed by atoms with van der Waals surface area (Å²) in [5.74, 6) is -0.300. The Balaban J connectivity index is 1.81. The lowest BCUT2D eigenvalue weighted by molar-refractivity contribution is -0.991. The highest BCUT2D eigenvalue weighted by Crippen LogP contribution is 2.31. The summed E-state index contributed by atoms with van der Waals surface area (Å²) in [4.78, 5) is 24.7. The molecule has 2 atom stereocenters. The van der Waals surface area contributed by atoms with Gasteiger partial charge in [-0.25, -0.2) is 10.0 Å². The number of cyclic esters (lactones) is 1. The van der Waals surface area contributed by atoms with Crippen molar-refractivity contribution in [2.45, 2.75) is 58.2 Å². The molecule has 0 amide bonds. The van der Waals surface area contributed by atoms with E-state index in [-0.39, 0.29) is 35.5 Å². The van der Waals surface area contributed by atoms with Gasteiger partial charge in [-0.3, -0.25) is 4.79 Å². The van der Waals surface area contributed by atoms with Crippen molar-refractivity contribution in [1.82, 2.24) is 0 Å². The molecule has 2 aromatic carbocycles. The van der Waals surface area contributed by atoms with Crippen LogP contribution >= 0.6 is 0 Å². The number of rotatable bonds is 4. The lowest BCUT2D eigenvalue weighted by Crippen LogP contribution is -2.99. The zero-order valence-corrected chi connectivity index (χ0v) is 18.6. The van der Waals surface area contributed by atoms with E-state index in [1.54, 1.807) is 31.2 Å². The van der Waals surface area contributed by atoms with E-state index in [0.717, 1.165) is 12.0 Å². The minimum Gasteiger partial charge on any atom is -0.595 e. The smallest absolute Gasteiger partial charge is 0.342 e. The van der Waals surface area contributed by atoms with E-state index >= 15 is 0 Å². The first-order chi connectivity index (χ1) is 15.8. The molecule has 1 aliphatic heterocycles. The van der Waals surface area contributed by atoms with Gasteiger partial charge < -0.3 is 19.8 Å². The molecule has 2 aromatic rings. The fourth-order valence-corrected chi connectivity index (χ4v) is 3.61. The van der Waals surface area contributed by atoms with Gasteiger partial charge in [-0.2, -0.15) is 5.23 Å². The number of hydrogen-bond acceptors (Lipinski definition) is 7. The highest BCUT2D eigenvalue weighted by Gasteiger charge is 2.21. The van der Waals surface area contributed by atoms with Crippen molar-refractivity contribution in [1.29, 1.82) is 0 Å². The van der Waals surface area contributed by atoms with E-state index in [9.17, 15) is 19.9 Å². The van der Waals surface area contributed by atoms with Gasteiger partial charge in [0.1, 0.15) is 29.5 Å². The molecule has 0 saturated heterocycles. The maximum Gasteiger partial charge on any atom is 0.342 e. The van der Waals surface area contributed by atoms with Gasteiger partial charge in [0.2, 0.25) is 0 Å². The molecule has 3 rings (SSSR count). The highest BCUT2D eigenvalue weighted by atomic mass is 16.8. The van der Waals surface area contributed by atoms with Crippen molar-refractivity contribution in [2.75, 3.05) is 0 Å². The maximum atomic E-state index is 12.8. The van der Waals surface area contributed by atoms with Crippen molar-refractivity contribution in [3.05, 3.63) is 64.4 Å². The number of aromatic hydroxyl groups is 1. The van der Waals surface area contributed by atoms with Crippen LogP contribution in [0.5, 0.6) is 11.5 Å². The first-order valence-electron chi connectivity index (χ1n) is 11.0. The highest BCUT2D eigenvalue weighted by molar-refractivity contribution is 5.97. The summed E-state index contributed by atoms with van der Waals surface area (Å²) < 4.78 is 11.3. The molecule has 8 nitrogen and oxygen atoms in total. The number of esters is 1. The third-order valence-corrected chi connectivity index (χ3v) is 5.43. The molecule has 8 heteroatoms. The number of hydrogen-bond donors (Lipinski definition) is 3. The maximum absolute atomic E-state index is 12.8. The van der Waals surface area contributed by atoms with Crippen molar-refractivity contribution < 1.29 is 34.6 Å². The summed E-state index contributed by atoms with van der Waals surface area (Å²) in [6.07, 6.45) is 6.82. The number of quaternary nitrogens is 1. The SMILES string of the molecule is C[C@@H]1CCCC(=O)CCCC=Cc2cc(OCc3ccc([NH+]([O-])O)cc3)cc(O)c2C(=O)O1. The Kier molecular flexibility index (Phi) is 8.59. The van der Waals surface area contributed by atoms with Crippen molar-refractivity contribution in [2.24, 2.45) is 0 Å². The molecule has 1 unspecified atom stereocenters. The van der Waals surface area contributed by atoms with Gasteiger partial charge in [0.05, 0.1) is 6.10 Å². The Bertz CT molecular complexity index is 999. The molecule has 1 heterocycles. The first kappa shape index (κ1) is 24.4. The molecule has 0 fully saturated rings. The van der Waals surface area contributed by atoms with Gasteiger partial charge in [-0.15, -0.1) is 0 Å². The molecule has 3 N–H and O–H groups in total. The fraction of sp³-hybridized carbons (Fsp3) is 0.360. The molecule has 0 saturated carbocycles. The lowest BCUT2D eigenvalue weighted by Gasteiger charge is -2.17. The first-order valence-corrected chi connectivity index (χ1v) is 11.0. The Labute approximate surface area is 192 Å². The third kappa shape index (κ3) is 7.15. The number of nitrogens with one attached hydrogen (secondary N) is 1. The minimum absolute atomic E-state index is 0.0735. The molecule has 0 aromatic heterocycles. The average molecular weight is 456 g/mol. The number of phenols is 1. The van der Waals surface area contributed by atoms with E-state index in [4.69, 9.17) is 14.7 Å². The fourth-order valence-electron chi connectivity index (χ4n) is 3.61. The Morgan fingerprint density at radius 2 is 1.88 bits per heavy atom. The van der Waals surface area contributed by atoms with Crippen LogP contribution in [0.4, 0.5) is 5.69 Å². The standard InChI is InChI=1S/C25H29NO7/c1-17-6-5-9-21(27)8-4-2-3-7-19-14-22(15-23(28)24(19)25(29)33-17)32-16-18-10-12-20(13-11-18)26(30)31/h3,7,10-15,17,26,28,30H,2,4-6,8-9,16H2,1H3/t17-/m1/s1. The Morgan fingerprint density at radius 3 is 2.61 bits per heavy atom. The van der Waals surface area contributed by atoms with Crippen LogP contribution in [0.3, 0.4) is 0 Å². The van der Waals surface area contributed by atoms with E-state index < -0.39 is 11.2 Å². The average Bonchev–Trinajstić information content (AvgIpc) is 2.76. The normalized spacial score (nSPS) is 18.7. The number of phenolic OH excluding ortho intramolecular Hbond substituents is 1. The van der Waals surface area contributed by atoms with Gasteiger partial charge in [0.25, 0.3) is 0 Å². The molecule has 0 aliphatic carbocycles. The minimum atomic E-state index is -1.00. The Morgan fingerprint density at radius 1 is 1.15 bits per heavy atom. The summed E-state index contributed by atoms with van der Waals surface area (Å²) in [5, 5.41) is 29.6. The summed E-state index contributed by atoms with van der Waals surface area (Å²) in [5.41, 5.74) is 1.48. The number of ketones is 1. The van der Waals surface area contributed by atoms with Crippen LogP contribution < -0.4 is 9.96 Å². The van der Waals surface area contributed by atoms with Gasteiger partial charge in [-0.05, 0) is 61.9 Å². The predicted octanol–water partition coefficient (Wildman–Crippen LogP) is 3.86. The van der Waals surface area contributed by atoms with Crippen LogP contribution in [-0.2, 0) is 16.1 Å². The van der Waals surface area contributed by atoms with Crippen LogP contribution in [0.1, 0.15) is 66.9 Å². The number of carbonyl (C=O) groups excluding carboxylic acids is 2. The van der Waals surface area contributed by atoms with Crippen molar-refractivity contribution in [3.63, 3.8) is 0 Å². The molecular weight excluding hydrogens is 426 g/mol. The molecule has 0 spiro atoms. The zero-order valence-electron chi connectivity index (χ0n) is 18.6. The summed E-state index contributed by atoms with van der Waals surface area (Å²) in [7, 11) is 0. The number of allylic oxidation sites excluding steroid dienone is 1. The second-order valence-electron chi connectivity index (χ2n) is 8.14. The number of benzene rings is 2. The van der Waals surface area contributed by atoms with Crippen LogP contribution in [0.2, 0.25) is 0 Å². The predicted molar refractivity (Wildman–Crippen MR) is 121 cm³/mol. The third-order valence-electron chi connectivity index (χ3n) is 5.43. The number of Topliss-reactive ketones (excluding diaryl/α,β-unsaturated/α-hetero) is 1. The van der Waals surface area contributed by atoms with Crippen LogP contribution in [0, 0.1) is 5.21 Å². The number of fused-ring (bicyclic) bond motifs is 1. The molecule has 176 valence electrons. The van der Waals surface area contributed by atoms with Crippen molar-refractivity contribution in [3.8, 4) is 11.5 Å². The molecule has 0 radical (unpaired) electrons. The van der Waals surface area contributed by atoms with Gasteiger partial charge in [0.15, 0.2) is 5.69 Å². The molecule has 0 bridgehead atoms. The monoisotopic (exact) mass is 455 g/mol. The summed E-state index contributed by atoms with van der Waals surface area (Å²) in [6.45, 7) is 1.93. The topological polar surface area (TPSA) is 121 Å². The molecule has 1 aliphatic rings. The van der Waals surface area contributed by atoms with Crippen LogP contribution in [-0.4, -0.2) is 28.2 Å². The van der Waals surface area contributed by atoms with E-state index in [0.29, 0.717) is 43.4 Å². The molecular formula is C25H29NO7. The number of ether oxygens (including phenoxy) is 2. The van der Waals surface area contributed by atoms with E-state index in [1.165, 1.54) is 18.2 Å². The van der Waals surface area contributed by atoms with E-state index in [1.807, 2.05) is 6.08 Å². The zero-order chi connectivity index (χ0) is 23.8. The van der Waals surface area contributed by atoms with Crippen LogP contribution in [0.25, 0.3) is 6.08 Å². The second-order valence-corrected chi connectivity index (χ2v) is 8.14. The lowest BCUT2D eigenvalue weighted by atomic mass is 10.0. The largest absolute Gasteiger partial charge is 0.595 e. The van der Waals surface area contributed by atoms with Gasteiger partial charge >= 0.3 is 5.97 Å². The van der Waals surface area contributed by atoms with Crippen LogP contribution in [0.15, 0.2) is 42.5 Å². The van der Waals surface area contributed by atoms with Gasteiger partial charge in [-0.1, -0.05) is 12.2 Å². The van der Waals surface area contributed by atoms with Crippen molar-refractivity contribution >= 4 is 23.5 Å². The molecule has 33 heavy (non-hydrogen) atoms. The quantitative estimate of drug-likeness (QED) is 0.473. The number of carbonyl (C=O) groups is 2. The van der Waals surface area contributed by atoms with Gasteiger partial charge in [0, 0.05) is 31.0 Å². The second kappa shape index (κ2) is 11.6. The Hall–Kier alpha value is -3.20. The van der Waals surface area contributed by atoms with E-state index in [2.05, 4.69) is 0 Å².